The summed E-state index contributed by atoms with van der Waals surface area (Å²) in [4.78, 5) is 11.0. The molecule has 0 atom stereocenters. The fourth-order valence-electron chi connectivity index (χ4n) is 1.12. The Kier molecular flexibility index (Phi) is 5.12. The van der Waals surface area contributed by atoms with Gasteiger partial charge in [0.05, 0.1) is 13.0 Å². The van der Waals surface area contributed by atoms with Crippen LogP contribution in [-0.2, 0) is 9.53 Å². The predicted molar refractivity (Wildman–Crippen MR) is 64.4 cm³/mol. The molecule has 0 fully saturated rings. The van der Waals surface area contributed by atoms with Gasteiger partial charge in [0, 0.05) is 4.47 Å². The summed E-state index contributed by atoms with van der Waals surface area (Å²) in [5.41, 5.74) is 1.06. The Morgan fingerprint density at radius 3 is 3.00 bits per heavy atom. The summed E-state index contributed by atoms with van der Waals surface area (Å²) in [6.07, 6.45) is 4.03. The second-order valence-electron chi connectivity index (χ2n) is 2.97. The summed E-state index contributed by atoms with van der Waals surface area (Å²) in [5.74, 6) is -0.191. The second-order valence-corrected chi connectivity index (χ2v) is 3.88. The number of benzene rings is 1. The average molecular weight is 269 g/mol. The minimum Gasteiger partial charge on any atom is -0.466 e. The highest BCUT2D eigenvalue weighted by Gasteiger charge is 1.96. The maximum absolute atomic E-state index is 11.0. The van der Waals surface area contributed by atoms with Crippen LogP contribution >= 0.6 is 15.9 Å². The maximum Gasteiger partial charge on any atom is 0.309 e. The first-order valence-electron chi connectivity index (χ1n) is 4.80. The van der Waals surface area contributed by atoms with Crippen molar-refractivity contribution in [3.05, 3.63) is 40.4 Å². The Morgan fingerprint density at radius 2 is 2.33 bits per heavy atom. The summed E-state index contributed by atoms with van der Waals surface area (Å²) < 4.78 is 5.83. The molecule has 0 saturated carbocycles. The molecule has 0 aliphatic heterocycles. The van der Waals surface area contributed by atoms with Gasteiger partial charge in [-0.1, -0.05) is 40.2 Å². The Hall–Kier alpha value is -1.09. The number of carbonyl (C=O) groups is 1. The molecule has 0 heterocycles. The van der Waals surface area contributed by atoms with Gasteiger partial charge in [-0.2, -0.15) is 0 Å². The summed E-state index contributed by atoms with van der Waals surface area (Å²) in [6.45, 7) is 2.24. The molecule has 2 nitrogen and oxygen atoms in total. The lowest BCUT2D eigenvalue weighted by Gasteiger charge is -1.97. The zero-order valence-corrected chi connectivity index (χ0v) is 10.2. The van der Waals surface area contributed by atoms with E-state index in [2.05, 4.69) is 15.9 Å². The van der Waals surface area contributed by atoms with E-state index in [0.717, 1.165) is 10.0 Å². The summed E-state index contributed by atoms with van der Waals surface area (Å²) >= 11 is 3.38. The van der Waals surface area contributed by atoms with E-state index < -0.39 is 0 Å². The monoisotopic (exact) mass is 268 g/mol. The first-order valence-corrected chi connectivity index (χ1v) is 5.59. The molecule has 80 valence electrons. The fourth-order valence-corrected chi connectivity index (χ4v) is 1.54. The second kappa shape index (κ2) is 6.40. The van der Waals surface area contributed by atoms with E-state index in [-0.39, 0.29) is 5.97 Å². The van der Waals surface area contributed by atoms with Crippen LogP contribution < -0.4 is 0 Å². The topological polar surface area (TPSA) is 26.3 Å². The van der Waals surface area contributed by atoms with E-state index in [1.165, 1.54) is 0 Å². The Bertz CT molecular complexity index is 358. The molecule has 0 unspecified atom stereocenters. The number of halogens is 1. The van der Waals surface area contributed by atoms with Crippen LogP contribution in [0, 0.1) is 0 Å². The number of esters is 1. The zero-order valence-electron chi connectivity index (χ0n) is 8.57. The number of hydrogen-bond acceptors (Lipinski definition) is 2. The van der Waals surface area contributed by atoms with Gasteiger partial charge in [0.2, 0.25) is 0 Å². The third-order valence-electron chi connectivity index (χ3n) is 1.75. The SMILES string of the molecule is CCOC(=O)CC=Cc1cccc(Br)c1. The van der Waals surface area contributed by atoms with E-state index in [0.29, 0.717) is 13.0 Å². The molecular formula is C12H13BrO2. The van der Waals surface area contributed by atoms with Crippen LogP contribution in [0.4, 0.5) is 0 Å². The van der Waals surface area contributed by atoms with Gasteiger partial charge in [0.15, 0.2) is 0 Å². The van der Waals surface area contributed by atoms with E-state index in [4.69, 9.17) is 4.74 Å². The van der Waals surface area contributed by atoms with Gasteiger partial charge in [-0.05, 0) is 24.6 Å². The molecule has 0 bridgehead atoms. The number of carbonyl (C=O) groups excluding carboxylic acids is 1. The molecule has 0 aromatic heterocycles. The Morgan fingerprint density at radius 1 is 1.53 bits per heavy atom. The molecule has 1 rings (SSSR count). The first kappa shape index (κ1) is 12.0. The highest BCUT2D eigenvalue weighted by Crippen LogP contribution is 2.12. The fraction of sp³-hybridized carbons (Fsp3) is 0.250. The molecule has 0 aliphatic rings. The van der Waals surface area contributed by atoms with Gasteiger partial charge < -0.3 is 4.74 Å². The highest BCUT2D eigenvalue weighted by molar-refractivity contribution is 9.10. The summed E-state index contributed by atoms with van der Waals surface area (Å²) in [6, 6.07) is 7.88. The summed E-state index contributed by atoms with van der Waals surface area (Å²) in [7, 11) is 0. The van der Waals surface area contributed by atoms with E-state index in [1.54, 1.807) is 13.0 Å². The van der Waals surface area contributed by atoms with Gasteiger partial charge in [0.1, 0.15) is 0 Å². The van der Waals surface area contributed by atoms with E-state index >= 15 is 0 Å². The van der Waals surface area contributed by atoms with Crippen LogP contribution in [0.5, 0.6) is 0 Å². The van der Waals surface area contributed by atoms with Gasteiger partial charge in [-0.15, -0.1) is 0 Å². The van der Waals surface area contributed by atoms with Crippen molar-refractivity contribution in [2.75, 3.05) is 6.61 Å². The van der Waals surface area contributed by atoms with Crippen LogP contribution in [-0.4, -0.2) is 12.6 Å². The largest absolute Gasteiger partial charge is 0.466 e. The molecule has 0 amide bonds. The van der Waals surface area contributed by atoms with E-state index in [9.17, 15) is 4.79 Å². The molecule has 0 N–H and O–H groups in total. The van der Waals surface area contributed by atoms with Crippen molar-refractivity contribution >= 4 is 28.0 Å². The predicted octanol–water partition coefficient (Wildman–Crippen LogP) is 3.42. The van der Waals surface area contributed by atoms with Gasteiger partial charge >= 0.3 is 5.97 Å². The first-order chi connectivity index (χ1) is 7.22. The third-order valence-corrected chi connectivity index (χ3v) is 2.24. The van der Waals surface area contributed by atoms with Crippen LogP contribution in [0.15, 0.2) is 34.8 Å². The van der Waals surface area contributed by atoms with Crippen molar-refractivity contribution in [3.63, 3.8) is 0 Å². The molecule has 0 saturated heterocycles. The Balaban J connectivity index is 2.48. The van der Waals surface area contributed by atoms with Crippen LogP contribution in [0.1, 0.15) is 18.9 Å². The highest BCUT2D eigenvalue weighted by atomic mass is 79.9. The number of hydrogen-bond donors (Lipinski definition) is 0. The lowest BCUT2D eigenvalue weighted by Crippen LogP contribution is -2.01. The van der Waals surface area contributed by atoms with Crippen molar-refractivity contribution in [1.82, 2.24) is 0 Å². The van der Waals surface area contributed by atoms with Crippen molar-refractivity contribution in [3.8, 4) is 0 Å². The third kappa shape index (κ3) is 4.79. The Labute approximate surface area is 98.1 Å². The average Bonchev–Trinajstić information content (AvgIpc) is 2.18. The molecule has 3 heteroatoms. The van der Waals surface area contributed by atoms with Crippen molar-refractivity contribution in [2.45, 2.75) is 13.3 Å². The van der Waals surface area contributed by atoms with Crippen molar-refractivity contribution in [2.24, 2.45) is 0 Å². The normalized spacial score (nSPS) is 10.5. The van der Waals surface area contributed by atoms with Crippen molar-refractivity contribution < 1.29 is 9.53 Å². The molecule has 15 heavy (non-hydrogen) atoms. The molecule has 1 aromatic rings. The zero-order chi connectivity index (χ0) is 11.1. The van der Waals surface area contributed by atoms with Gasteiger partial charge in [-0.3, -0.25) is 4.79 Å². The van der Waals surface area contributed by atoms with Gasteiger partial charge in [0.25, 0.3) is 0 Å². The minimum atomic E-state index is -0.191. The molecule has 0 aliphatic carbocycles. The van der Waals surface area contributed by atoms with Crippen LogP contribution in [0.25, 0.3) is 6.08 Å². The quantitative estimate of drug-likeness (QED) is 0.783. The summed E-state index contributed by atoms with van der Waals surface area (Å²) in [5, 5.41) is 0. The molecule has 1 aromatic carbocycles. The lowest BCUT2D eigenvalue weighted by molar-refractivity contribution is -0.142. The van der Waals surface area contributed by atoms with Crippen LogP contribution in [0.2, 0.25) is 0 Å². The smallest absolute Gasteiger partial charge is 0.309 e. The van der Waals surface area contributed by atoms with Crippen molar-refractivity contribution in [1.29, 1.82) is 0 Å². The number of rotatable bonds is 4. The standard InChI is InChI=1S/C12H13BrO2/c1-2-15-12(14)8-4-6-10-5-3-7-11(13)9-10/h3-7,9H,2,8H2,1H3. The molecule has 0 radical (unpaired) electrons. The van der Waals surface area contributed by atoms with E-state index in [1.807, 2.05) is 30.3 Å². The van der Waals surface area contributed by atoms with Gasteiger partial charge in [-0.25, -0.2) is 0 Å². The molecule has 0 spiro atoms. The number of ether oxygens (including phenoxy) is 1. The minimum absolute atomic E-state index is 0.191. The van der Waals surface area contributed by atoms with Crippen LogP contribution in [0.3, 0.4) is 0 Å². The maximum atomic E-state index is 11.0. The molecular weight excluding hydrogens is 256 g/mol. The lowest BCUT2D eigenvalue weighted by atomic mass is 10.2.